The lowest BCUT2D eigenvalue weighted by Gasteiger charge is -2.12. The molecule has 0 fully saturated rings. The van der Waals surface area contributed by atoms with Crippen LogP contribution in [-0.4, -0.2) is 23.8 Å². The zero-order valence-corrected chi connectivity index (χ0v) is 9.05. The van der Waals surface area contributed by atoms with Gasteiger partial charge in [0.2, 0.25) is 5.89 Å². The van der Waals surface area contributed by atoms with E-state index in [1.54, 1.807) is 0 Å². The minimum absolute atomic E-state index is 0.0380. The molecule has 1 unspecified atom stereocenters. The molecule has 0 saturated carbocycles. The van der Waals surface area contributed by atoms with Gasteiger partial charge < -0.3 is 15.5 Å². The van der Waals surface area contributed by atoms with E-state index < -0.39 is 0 Å². The molecule has 0 saturated heterocycles. The third-order valence-electron chi connectivity index (χ3n) is 2.36. The largest absolute Gasteiger partial charge is 0.408 e. The number of nitrogens with zero attached hydrogens (tertiary/aromatic N) is 2. The number of anilines is 1. The van der Waals surface area contributed by atoms with Crippen LogP contribution in [0.25, 0.3) is 0 Å². The van der Waals surface area contributed by atoms with Crippen molar-refractivity contribution in [1.82, 2.24) is 15.5 Å². The first-order valence-corrected chi connectivity index (χ1v) is 5.09. The maximum Gasteiger partial charge on any atom is 0.312 e. The molecule has 0 amide bonds. The number of nitrogen functional groups attached to an aromatic ring is 1. The molecule has 1 heterocycles. The van der Waals surface area contributed by atoms with Gasteiger partial charge in [0.25, 0.3) is 0 Å². The number of rotatable bonds is 4. The Balaban J connectivity index is 2.31. The van der Waals surface area contributed by atoms with Crippen LogP contribution in [-0.2, 0) is 0 Å². The molecular weight excluding hydrogens is 204 g/mol. The van der Waals surface area contributed by atoms with Crippen molar-refractivity contribution >= 4 is 6.01 Å². The molecule has 84 valence electrons. The van der Waals surface area contributed by atoms with Gasteiger partial charge in [-0.05, 0) is 12.6 Å². The normalized spacial score (nSPS) is 12.6. The fraction of sp³-hybridized carbons (Fsp3) is 0.273. The summed E-state index contributed by atoms with van der Waals surface area (Å²) in [7, 11) is 1.88. The van der Waals surface area contributed by atoms with Crippen molar-refractivity contribution in [2.45, 2.75) is 5.92 Å². The molecule has 0 spiro atoms. The second kappa shape index (κ2) is 4.76. The Hall–Kier alpha value is -1.88. The fourth-order valence-corrected chi connectivity index (χ4v) is 1.62. The third kappa shape index (κ3) is 2.20. The molecule has 2 rings (SSSR count). The standard InChI is InChI=1S/C11H14N4O/c1-13-7-9(8-5-3-2-4-6-8)10-14-15-11(12)16-10/h2-6,9,13H,7H2,1H3,(H2,12,15). The Morgan fingerprint density at radius 2 is 2.06 bits per heavy atom. The number of nitrogens with one attached hydrogen (secondary N) is 1. The number of aromatic nitrogens is 2. The zero-order chi connectivity index (χ0) is 11.4. The number of likely N-dealkylation sites (N-methyl/N-ethyl adjacent to an activating group) is 1. The Morgan fingerprint density at radius 3 is 2.62 bits per heavy atom. The van der Waals surface area contributed by atoms with Gasteiger partial charge in [0.15, 0.2) is 0 Å². The zero-order valence-electron chi connectivity index (χ0n) is 9.05. The molecule has 16 heavy (non-hydrogen) atoms. The number of benzene rings is 1. The van der Waals surface area contributed by atoms with Gasteiger partial charge >= 0.3 is 6.01 Å². The van der Waals surface area contributed by atoms with Gasteiger partial charge in [-0.1, -0.05) is 35.4 Å². The van der Waals surface area contributed by atoms with Crippen LogP contribution < -0.4 is 11.1 Å². The van der Waals surface area contributed by atoms with Crippen molar-refractivity contribution < 1.29 is 4.42 Å². The summed E-state index contributed by atoms with van der Waals surface area (Å²) in [5.41, 5.74) is 6.56. The summed E-state index contributed by atoms with van der Waals surface area (Å²) in [6.07, 6.45) is 0. The quantitative estimate of drug-likeness (QED) is 0.800. The van der Waals surface area contributed by atoms with E-state index in [0.717, 1.165) is 12.1 Å². The van der Waals surface area contributed by atoms with Crippen LogP contribution in [0.4, 0.5) is 6.01 Å². The number of hydrogen-bond donors (Lipinski definition) is 2. The summed E-state index contributed by atoms with van der Waals surface area (Å²) in [5.74, 6) is 0.578. The molecule has 1 aromatic carbocycles. The van der Waals surface area contributed by atoms with E-state index in [-0.39, 0.29) is 11.9 Å². The second-order valence-corrected chi connectivity index (χ2v) is 3.50. The molecule has 1 aromatic heterocycles. The van der Waals surface area contributed by atoms with Crippen molar-refractivity contribution in [1.29, 1.82) is 0 Å². The highest BCUT2D eigenvalue weighted by molar-refractivity contribution is 5.25. The van der Waals surface area contributed by atoms with Crippen LogP contribution in [0.2, 0.25) is 0 Å². The molecule has 5 nitrogen and oxygen atoms in total. The van der Waals surface area contributed by atoms with Crippen molar-refractivity contribution in [3.8, 4) is 0 Å². The highest BCUT2D eigenvalue weighted by atomic mass is 16.4. The van der Waals surface area contributed by atoms with Gasteiger partial charge in [-0.3, -0.25) is 0 Å². The first-order valence-electron chi connectivity index (χ1n) is 5.09. The van der Waals surface area contributed by atoms with E-state index >= 15 is 0 Å². The Morgan fingerprint density at radius 1 is 1.31 bits per heavy atom. The highest BCUT2D eigenvalue weighted by Gasteiger charge is 2.19. The lowest BCUT2D eigenvalue weighted by atomic mass is 9.99. The topological polar surface area (TPSA) is 77.0 Å². The van der Waals surface area contributed by atoms with Crippen molar-refractivity contribution in [2.24, 2.45) is 0 Å². The highest BCUT2D eigenvalue weighted by Crippen LogP contribution is 2.22. The van der Waals surface area contributed by atoms with Crippen molar-refractivity contribution in [3.05, 3.63) is 41.8 Å². The minimum atomic E-state index is 0.0380. The SMILES string of the molecule is CNCC(c1ccccc1)c1nnc(N)o1. The minimum Gasteiger partial charge on any atom is -0.408 e. The van der Waals surface area contributed by atoms with Crippen molar-refractivity contribution in [3.63, 3.8) is 0 Å². The van der Waals surface area contributed by atoms with Gasteiger partial charge in [0.1, 0.15) is 0 Å². The average Bonchev–Trinajstić information content (AvgIpc) is 2.74. The van der Waals surface area contributed by atoms with E-state index in [1.165, 1.54) is 0 Å². The molecule has 5 heteroatoms. The van der Waals surface area contributed by atoms with Crippen LogP contribution in [0.15, 0.2) is 34.7 Å². The van der Waals surface area contributed by atoms with E-state index in [2.05, 4.69) is 15.5 Å². The molecule has 0 radical (unpaired) electrons. The van der Waals surface area contributed by atoms with Gasteiger partial charge in [-0.15, -0.1) is 5.10 Å². The first kappa shape index (κ1) is 10.6. The van der Waals surface area contributed by atoms with Crippen LogP contribution in [0, 0.1) is 0 Å². The van der Waals surface area contributed by atoms with Crippen molar-refractivity contribution in [2.75, 3.05) is 19.3 Å². The maximum atomic E-state index is 5.43. The molecule has 0 bridgehead atoms. The fourth-order valence-electron chi connectivity index (χ4n) is 1.62. The van der Waals surface area contributed by atoms with E-state index in [9.17, 15) is 0 Å². The summed E-state index contributed by atoms with van der Waals surface area (Å²) in [6, 6.07) is 10.1. The van der Waals surface area contributed by atoms with Crippen LogP contribution in [0.3, 0.4) is 0 Å². The smallest absolute Gasteiger partial charge is 0.312 e. The van der Waals surface area contributed by atoms with Crippen LogP contribution >= 0.6 is 0 Å². The Kier molecular flexibility index (Phi) is 3.16. The van der Waals surface area contributed by atoms with E-state index in [0.29, 0.717) is 5.89 Å². The summed E-state index contributed by atoms with van der Waals surface area (Å²) in [5, 5.41) is 10.7. The summed E-state index contributed by atoms with van der Waals surface area (Å²) in [6.45, 7) is 0.728. The first-order chi connectivity index (χ1) is 7.81. The van der Waals surface area contributed by atoms with Gasteiger partial charge in [0, 0.05) is 6.54 Å². The number of nitrogens with two attached hydrogens (primary N) is 1. The van der Waals surface area contributed by atoms with Gasteiger partial charge in [-0.25, -0.2) is 0 Å². The summed E-state index contributed by atoms with van der Waals surface area (Å²) < 4.78 is 5.27. The van der Waals surface area contributed by atoms with E-state index in [1.807, 2.05) is 37.4 Å². The molecule has 0 aliphatic carbocycles. The second-order valence-electron chi connectivity index (χ2n) is 3.50. The Bertz CT molecular complexity index is 440. The maximum absolute atomic E-state index is 5.43. The van der Waals surface area contributed by atoms with E-state index in [4.69, 9.17) is 10.2 Å². The molecule has 0 aliphatic rings. The Labute approximate surface area is 93.7 Å². The predicted molar refractivity (Wildman–Crippen MR) is 60.9 cm³/mol. The molecule has 2 aromatic rings. The lowest BCUT2D eigenvalue weighted by molar-refractivity contribution is 0.475. The summed E-state index contributed by atoms with van der Waals surface area (Å²) >= 11 is 0. The average molecular weight is 218 g/mol. The molecule has 0 aliphatic heterocycles. The molecule has 3 N–H and O–H groups in total. The number of hydrogen-bond acceptors (Lipinski definition) is 5. The van der Waals surface area contributed by atoms with Crippen LogP contribution in [0.1, 0.15) is 17.4 Å². The van der Waals surface area contributed by atoms with Gasteiger partial charge in [0.05, 0.1) is 5.92 Å². The third-order valence-corrected chi connectivity index (χ3v) is 2.36. The molecular formula is C11H14N4O. The predicted octanol–water partition coefficient (Wildman–Crippen LogP) is 1.00. The summed E-state index contributed by atoms with van der Waals surface area (Å²) in [4.78, 5) is 0. The monoisotopic (exact) mass is 218 g/mol. The van der Waals surface area contributed by atoms with Crippen LogP contribution in [0.5, 0.6) is 0 Å². The van der Waals surface area contributed by atoms with Gasteiger partial charge in [-0.2, -0.15) is 0 Å². The lowest BCUT2D eigenvalue weighted by Crippen LogP contribution is -2.18. The molecule has 1 atom stereocenters.